The molecule has 0 saturated carbocycles. The van der Waals surface area contributed by atoms with Crippen molar-refractivity contribution >= 4 is 5.97 Å². The lowest BCUT2D eigenvalue weighted by Gasteiger charge is -2.12. The highest BCUT2D eigenvalue weighted by Crippen LogP contribution is 2.38. The highest BCUT2D eigenvalue weighted by molar-refractivity contribution is 5.71. The van der Waals surface area contributed by atoms with Crippen LogP contribution in [0.5, 0.6) is 0 Å². The van der Waals surface area contributed by atoms with Gasteiger partial charge in [0.05, 0.1) is 18.1 Å². The third-order valence-electron chi connectivity index (χ3n) is 2.42. The summed E-state index contributed by atoms with van der Waals surface area (Å²) in [6, 6.07) is 0. The minimum atomic E-state index is -0.688. The number of carboxylic acid groups (broad SMARTS) is 1. The standard InChI is InChI=1S/C7H10O3/c8-7(9)5-3-4-1-2-6(5)10-4/h4-6H,1-3H2,(H,8,9)/t4-,5?,6+/m0/s1. The molecule has 0 radical (unpaired) electrons. The first-order valence-corrected chi connectivity index (χ1v) is 3.65. The molecule has 0 amide bonds. The molecular formula is C7H10O3. The lowest BCUT2D eigenvalue weighted by Crippen LogP contribution is -2.24. The molecule has 2 bridgehead atoms. The van der Waals surface area contributed by atoms with Crippen LogP contribution < -0.4 is 0 Å². The lowest BCUT2D eigenvalue weighted by atomic mass is 9.89. The van der Waals surface area contributed by atoms with E-state index in [0.29, 0.717) is 0 Å². The zero-order valence-corrected chi connectivity index (χ0v) is 5.62. The Morgan fingerprint density at radius 3 is 2.60 bits per heavy atom. The maximum Gasteiger partial charge on any atom is 0.309 e. The minimum Gasteiger partial charge on any atom is -0.481 e. The molecule has 0 aliphatic carbocycles. The van der Waals surface area contributed by atoms with Crippen LogP contribution in [0.4, 0.5) is 0 Å². The zero-order valence-electron chi connectivity index (χ0n) is 5.62. The molecule has 2 heterocycles. The van der Waals surface area contributed by atoms with Crippen LogP contribution in [-0.2, 0) is 9.53 Å². The summed E-state index contributed by atoms with van der Waals surface area (Å²) in [6.45, 7) is 0. The number of ether oxygens (including phenoxy) is 1. The molecular weight excluding hydrogens is 132 g/mol. The van der Waals surface area contributed by atoms with Gasteiger partial charge in [0.25, 0.3) is 0 Å². The number of carboxylic acids is 1. The Morgan fingerprint density at radius 1 is 1.50 bits per heavy atom. The third kappa shape index (κ3) is 0.736. The maximum absolute atomic E-state index is 10.5. The van der Waals surface area contributed by atoms with Crippen LogP contribution in [0.1, 0.15) is 19.3 Å². The average Bonchev–Trinajstić information content (AvgIpc) is 2.44. The van der Waals surface area contributed by atoms with Crippen LogP contribution in [-0.4, -0.2) is 23.3 Å². The van der Waals surface area contributed by atoms with E-state index >= 15 is 0 Å². The van der Waals surface area contributed by atoms with Crippen molar-refractivity contribution in [3.05, 3.63) is 0 Å². The Kier molecular flexibility index (Phi) is 1.20. The van der Waals surface area contributed by atoms with E-state index in [-0.39, 0.29) is 18.1 Å². The Balaban J connectivity index is 2.08. The van der Waals surface area contributed by atoms with Crippen molar-refractivity contribution in [3.8, 4) is 0 Å². The number of rotatable bonds is 1. The summed E-state index contributed by atoms with van der Waals surface area (Å²) < 4.78 is 5.37. The van der Waals surface area contributed by atoms with Gasteiger partial charge in [0.1, 0.15) is 0 Å². The highest BCUT2D eigenvalue weighted by Gasteiger charge is 2.44. The minimum absolute atomic E-state index is 0.0301. The van der Waals surface area contributed by atoms with Crippen molar-refractivity contribution in [2.24, 2.45) is 5.92 Å². The molecule has 3 nitrogen and oxygen atoms in total. The van der Waals surface area contributed by atoms with Gasteiger partial charge in [-0.3, -0.25) is 4.79 Å². The van der Waals surface area contributed by atoms with E-state index in [1.54, 1.807) is 0 Å². The van der Waals surface area contributed by atoms with Gasteiger partial charge in [0.15, 0.2) is 0 Å². The molecule has 0 spiro atoms. The molecule has 2 rings (SSSR count). The van der Waals surface area contributed by atoms with E-state index in [4.69, 9.17) is 9.84 Å². The molecule has 0 aromatic carbocycles. The van der Waals surface area contributed by atoms with Crippen LogP contribution in [0.25, 0.3) is 0 Å². The van der Waals surface area contributed by atoms with Crippen molar-refractivity contribution in [2.45, 2.75) is 31.5 Å². The van der Waals surface area contributed by atoms with E-state index < -0.39 is 5.97 Å². The summed E-state index contributed by atoms with van der Waals surface area (Å²) >= 11 is 0. The van der Waals surface area contributed by atoms with Crippen molar-refractivity contribution in [2.75, 3.05) is 0 Å². The quantitative estimate of drug-likeness (QED) is 0.584. The van der Waals surface area contributed by atoms with E-state index in [9.17, 15) is 4.79 Å². The maximum atomic E-state index is 10.5. The topological polar surface area (TPSA) is 46.5 Å². The van der Waals surface area contributed by atoms with Crippen LogP contribution in [0.3, 0.4) is 0 Å². The molecule has 1 N–H and O–H groups in total. The molecule has 2 saturated heterocycles. The third-order valence-corrected chi connectivity index (χ3v) is 2.42. The summed E-state index contributed by atoms with van der Waals surface area (Å²) in [5, 5.41) is 8.66. The number of hydrogen-bond donors (Lipinski definition) is 1. The monoisotopic (exact) mass is 142 g/mol. The second-order valence-electron chi connectivity index (χ2n) is 3.05. The first-order chi connectivity index (χ1) is 4.77. The largest absolute Gasteiger partial charge is 0.481 e. The predicted molar refractivity (Wildman–Crippen MR) is 33.6 cm³/mol. The van der Waals surface area contributed by atoms with Gasteiger partial charge in [-0.25, -0.2) is 0 Å². The van der Waals surface area contributed by atoms with Gasteiger partial charge < -0.3 is 9.84 Å². The van der Waals surface area contributed by atoms with E-state index in [2.05, 4.69) is 0 Å². The van der Waals surface area contributed by atoms with Crippen molar-refractivity contribution in [1.29, 1.82) is 0 Å². The lowest BCUT2D eigenvalue weighted by molar-refractivity contribution is -0.143. The molecule has 2 aliphatic heterocycles. The summed E-state index contributed by atoms with van der Waals surface area (Å²) in [5.41, 5.74) is 0. The average molecular weight is 142 g/mol. The van der Waals surface area contributed by atoms with Gasteiger partial charge in [-0.1, -0.05) is 0 Å². The summed E-state index contributed by atoms with van der Waals surface area (Å²) in [5.74, 6) is -0.897. The first-order valence-electron chi connectivity index (χ1n) is 3.65. The fourth-order valence-corrected chi connectivity index (χ4v) is 1.90. The Morgan fingerprint density at radius 2 is 2.30 bits per heavy atom. The van der Waals surface area contributed by atoms with Crippen molar-refractivity contribution in [3.63, 3.8) is 0 Å². The normalized spacial score (nSPS) is 44.2. The molecule has 2 fully saturated rings. The van der Waals surface area contributed by atoms with Crippen LogP contribution >= 0.6 is 0 Å². The fourth-order valence-electron chi connectivity index (χ4n) is 1.90. The second kappa shape index (κ2) is 1.95. The molecule has 0 aromatic rings. The molecule has 2 aliphatic rings. The molecule has 56 valence electrons. The number of aliphatic carboxylic acids is 1. The summed E-state index contributed by atoms with van der Waals surface area (Å²) in [4.78, 5) is 10.5. The SMILES string of the molecule is O=C(O)C1C[C@@H]2CC[C@H]1O2. The second-order valence-corrected chi connectivity index (χ2v) is 3.05. The van der Waals surface area contributed by atoms with Gasteiger partial charge in [0.2, 0.25) is 0 Å². The molecule has 1 unspecified atom stereocenters. The van der Waals surface area contributed by atoms with Gasteiger partial charge >= 0.3 is 5.97 Å². The molecule has 10 heavy (non-hydrogen) atoms. The Hall–Kier alpha value is -0.570. The van der Waals surface area contributed by atoms with Gasteiger partial charge in [-0.15, -0.1) is 0 Å². The van der Waals surface area contributed by atoms with Gasteiger partial charge in [-0.2, -0.15) is 0 Å². The zero-order chi connectivity index (χ0) is 7.14. The molecule has 3 heteroatoms. The number of fused-ring (bicyclic) bond motifs is 2. The first kappa shape index (κ1) is 6.16. The Bertz CT molecular complexity index is 166. The Labute approximate surface area is 59.0 Å². The van der Waals surface area contributed by atoms with Gasteiger partial charge in [-0.05, 0) is 19.3 Å². The van der Waals surface area contributed by atoms with E-state index in [1.807, 2.05) is 0 Å². The predicted octanol–water partition coefficient (Wildman–Crippen LogP) is 0.639. The van der Waals surface area contributed by atoms with Crippen LogP contribution in [0.15, 0.2) is 0 Å². The smallest absolute Gasteiger partial charge is 0.309 e. The number of carbonyl (C=O) groups is 1. The van der Waals surface area contributed by atoms with Crippen molar-refractivity contribution < 1.29 is 14.6 Å². The molecule has 3 atom stereocenters. The number of hydrogen-bond acceptors (Lipinski definition) is 2. The fraction of sp³-hybridized carbons (Fsp3) is 0.857. The van der Waals surface area contributed by atoms with Crippen LogP contribution in [0.2, 0.25) is 0 Å². The summed E-state index contributed by atoms with van der Waals surface area (Å²) in [7, 11) is 0. The van der Waals surface area contributed by atoms with Crippen LogP contribution in [0, 0.1) is 5.92 Å². The van der Waals surface area contributed by atoms with E-state index in [0.717, 1.165) is 19.3 Å². The summed E-state index contributed by atoms with van der Waals surface area (Å²) in [6.07, 6.45) is 3.03. The molecule has 0 aromatic heterocycles. The highest BCUT2D eigenvalue weighted by atomic mass is 16.5. The van der Waals surface area contributed by atoms with Crippen molar-refractivity contribution in [1.82, 2.24) is 0 Å². The van der Waals surface area contributed by atoms with E-state index in [1.165, 1.54) is 0 Å². The van der Waals surface area contributed by atoms with Gasteiger partial charge in [0, 0.05) is 0 Å².